The molecule has 0 saturated carbocycles. The minimum atomic E-state index is 0.584. The molecule has 2 heterocycles. The van der Waals surface area contributed by atoms with Crippen LogP contribution in [0, 0.1) is 6.92 Å². The fraction of sp³-hybridized carbons (Fsp3) is 0.333. The number of nitrogens with one attached hydrogen (secondary N) is 1. The molecule has 6 heteroatoms. The van der Waals surface area contributed by atoms with E-state index in [1.807, 2.05) is 14.0 Å². The first-order valence-corrected chi connectivity index (χ1v) is 3.51. The van der Waals surface area contributed by atoms with Crippen LogP contribution in [0.15, 0.2) is 6.20 Å². The Morgan fingerprint density at radius 1 is 1.50 bits per heavy atom. The maximum atomic E-state index is 4.07. The van der Waals surface area contributed by atoms with Crippen LogP contribution in [-0.4, -0.2) is 30.4 Å². The van der Waals surface area contributed by atoms with Gasteiger partial charge in [0.25, 0.3) is 0 Å². The van der Waals surface area contributed by atoms with Crippen molar-refractivity contribution in [3.63, 3.8) is 0 Å². The smallest absolute Gasteiger partial charge is 0.208 e. The molecule has 0 radical (unpaired) electrons. The molecule has 6 nitrogen and oxygen atoms in total. The Hall–Kier alpha value is -1.72. The van der Waals surface area contributed by atoms with Crippen LogP contribution >= 0.6 is 0 Å². The fourth-order valence-corrected chi connectivity index (χ4v) is 0.994. The summed E-state index contributed by atoms with van der Waals surface area (Å²) in [6.45, 7) is 1.96. The molecule has 0 amide bonds. The van der Waals surface area contributed by atoms with Crippen molar-refractivity contribution >= 4 is 0 Å². The summed E-state index contributed by atoms with van der Waals surface area (Å²) >= 11 is 0. The second-order valence-electron chi connectivity index (χ2n) is 2.50. The van der Waals surface area contributed by atoms with Crippen molar-refractivity contribution in [3.8, 4) is 11.4 Å². The molecular weight excluding hydrogens is 156 g/mol. The molecule has 0 aromatic carbocycles. The van der Waals surface area contributed by atoms with Gasteiger partial charge in [0.15, 0.2) is 0 Å². The first-order valence-electron chi connectivity index (χ1n) is 3.51. The summed E-state index contributed by atoms with van der Waals surface area (Å²) in [6.07, 6.45) is 1.72. The maximum absolute atomic E-state index is 4.07. The van der Waals surface area contributed by atoms with Crippen LogP contribution in [-0.2, 0) is 7.05 Å². The molecule has 1 N–H and O–H groups in total. The number of aromatic nitrogens is 6. The highest BCUT2D eigenvalue weighted by molar-refractivity contribution is 5.55. The van der Waals surface area contributed by atoms with Crippen LogP contribution in [0.5, 0.6) is 0 Å². The topological polar surface area (TPSA) is 72.3 Å². The molecule has 0 atom stereocenters. The number of aryl methyl sites for hydroxylation is 1. The van der Waals surface area contributed by atoms with Crippen LogP contribution in [0.4, 0.5) is 0 Å². The van der Waals surface area contributed by atoms with Crippen LogP contribution in [0.25, 0.3) is 11.4 Å². The van der Waals surface area contributed by atoms with Crippen molar-refractivity contribution < 1.29 is 0 Å². The van der Waals surface area contributed by atoms with Crippen molar-refractivity contribution in [1.29, 1.82) is 0 Å². The van der Waals surface area contributed by atoms with Gasteiger partial charge in [-0.3, -0.25) is 4.68 Å². The molecule has 62 valence electrons. The Labute approximate surface area is 68.6 Å². The average molecular weight is 164 g/mol. The monoisotopic (exact) mass is 164 g/mol. The van der Waals surface area contributed by atoms with Gasteiger partial charge in [-0.25, -0.2) is 0 Å². The summed E-state index contributed by atoms with van der Waals surface area (Å²) in [7, 11) is 1.87. The first-order chi connectivity index (χ1) is 5.79. The lowest BCUT2D eigenvalue weighted by Crippen LogP contribution is -1.92. The summed E-state index contributed by atoms with van der Waals surface area (Å²) in [5, 5.41) is 17.7. The van der Waals surface area contributed by atoms with Crippen LogP contribution < -0.4 is 0 Å². The first kappa shape index (κ1) is 6.96. The number of rotatable bonds is 1. The second-order valence-corrected chi connectivity index (χ2v) is 2.50. The quantitative estimate of drug-likeness (QED) is 0.639. The summed E-state index contributed by atoms with van der Waals surface area (Å²) in [6, 6.07) is 0. The van der Waals surface area contributed by atoms with Crippen molar-refractivity contribution in [1.82, 2.24) is 30.4 Å². The Kier molecular flexibility index (Phi) is 1.39. The third-order valence-electron chi connectivity index (χ3n) is 1.82. The Balaban J connectivity index is 2.55. The van der Waals surface area contributed by atoms with Crippen molar-refractivity contribution in [2.24, 2.45) is 7.05 Å². The highest BCUT2D eigenvalue weighted by Gasteiger charge is 2.09. The van der Waals surface area contributed by atoms with Gasteiger partial charge in [-0.15, -0.1) is 10.2 Å². The summed E-state index contributed by atoms with van der Waals surface area (Å²) < 4.78 is 1.77. The number of hydrogen-bond acceptors (Lipinski definition) is 4. The predicted molar refractivity (Wildman–Crippen MR) is 41.1 cm³/mol. The average Bonchev–Trinajstić information content (AvgIpc) is 2.64. The second kappa shape index (κ2) is 2.40. The van der Waals surface area contributed by atoms with E-state index in [9.17, 15) is 0 Å². The van der Waals surface area contributed by atoms with Gasteiger partial charge in [0.1, 0.15) is 0 Å². The molecule has 12 heavy (non-hydrogen) atoms. The third-order valence-corrected chi connectivity index (χ3v) is 1.82. The zero-order chi connectivity index (χ0) is 8.55. The molecule has 0 saturated heterocycles. The van der Waals surface area contributed by atoms with E-state index >= 15 is 0 Å². The molecule has 0 unspecified atom stereocenters. The highest BCUT2D eigenvalue weighted by atomic mass is 15.5. The lowest BCUT2D eigenvalue weighted by molar-refractivity contribution is 0.740. The van der Waals surface area contributed by atoms with E-state index in [0.717, 1.165) is 11.3 Å². The summed E-state index contributed by atoms with van der Waals surface area (Å²) in [5.41, 5.74) is 1.93. The van der Waals surface area contributed by atoms with E-state index in [1.54, 1.807) is 10.9 Å². The predicted octanol–water partition coefficient (Wildman–Crippen LogP) is -0.0914. The van der Waals surface area contributed by atoms with E-state index in [-0.39, 0.29) is 0 Å². The zero-order valence-electron chi connectivity index (χ0n) is 6.81. The fourth-order valence-electron chi connectivity index (χ4n) is 0.994. The van der Waals surface area contributed by atoms with Crippen molar-refractivity contribution in [3.05, 3.63) is 11.9 Å². The zero-order valence-corrected chi connectivity index (χ0v) is 6.81. The minimum Gasteiger partial charge on any atom is -0.272 e. The van der Waals surface area contributed by atoms with Crippen molar-refractivity contribution in [2.45, 2.75) is 6.92 Å². The molecular formula is C6H8N6. The van der Waals surface area contributed by atoms with Gasteiger partial charge in [0.2, 0.25) is 5.82 Å². The molecule has 0 aliphatic carbocycles. The molecule has 2 aromatic heterocycles. The van der Waals surface area contributed by atoms with E-state index in [4.69, 9.17) is 0 Å². The maximum Gasteiger partial charge on any atom is 0.208 e. The Morgan fingerprint density at radius 3 is 2.83 bits per heavy atom. The van der Waals surface area contributed by atoms with Gasteiger partial charge in [0, 0.05) is 12.7 Å². The van der Waals surface area contributed by atoms with Gasteiger partial charge in [-0.1, -0.05) is 0 Å². The van der Waals surface area contributed by atoms with E-state index in [1.165, 1.54) is 0 Å². The van der Waals surface area contributed by atoms with Crippen LogP contribution in [0.1, 0.15) is 5.69 Å². The molecule has 0 aliphatic heterocycles. The normalized spacial score (nSPS) is 10.5. The number of hydrogen-bond donors (Lipinski definition) is 1. The third kappa shape index (κ3) is 0.884. The van der Waals surface area contributed by atoms with E-state index in [2.05, 4.69) is 25.7 Å². The molecule has 0 spiro atoms. The molecule has 0 bridgehead atoms. The van der Waals surface area contributed by atoms with Gasteiger partial charge in [-0.05, 0) is 12.1 Å². The van der Waals surface area contributed by atoms with Gasteiger partial charge in [0.05, 0.1) is 11.8 Å². The summed E-state index contributed by atoms with van der Waals surface area (Å²) in [4.78, 5) is 0. The van der Waals surface area contributed by atoms with Crippen molar-refractivity contribution in [2.75, 3.05) is 0 Å². The highest BCUT2D eigenvalue weighted by Crippen LogP contribution is 2.16. The van der Waals surface area contributed by atoms with Crippen LogP contribution in [0.2, 0.25) is 0 Å². The van der Waals surface area contributed by atoms with Gasteiger partial charge >= 0.3 is 0 Å². The SMILES string of the molecule is Cc1c(-c2nn[nH]n2)cnn1C. The summed E-state index contributed by atoms with van der Waals surface area (Å²) in [5.74, 6) is 0.584. The van der Waals surface area contributed by atoms with Gasteiger partial charge < -0.3 is 0 Å². The molecule has 0 aliphatic rings. The van der Waals surface area contributed by atoms with E-state index in [0.29, 0.717) is 5.82 Å². The van der Waals surface area contributed by atoms with E-state index < -0.39 is 0 Å². The minimum absolute atomic E-state index is 0.584. The lowest BCUT2D eigenvalue weighted by atomic mass is 10.2. The number of aromatic amines is 1. The molecule has 2 rings (SSSR count). The number of tetrazole rings is 1. The Morgan fingerprint density at radius 2 is 2.33 bits per heavy atom. The lowest BCUT2D eigenvalue weighted by Gasteiger charge is -1.93. The Bertz CT molecular complexity index is 373. The molecule has 2 aromatic rings. The standard InChI is InChI=1S/C6H8N6/c1-4-5(3-7-12(4)2)6-8-10-11-9-6/h3H,1-2H3,(H,8,9,10,11). The van der Waals surface area contributed by atoms with Gasteiger partial charge in [-0.2, -0.15) is 10.3 Å². The largest absolute Gasteiger partial charge is 0.272 e. The number of nitrogens with zero attached hydrogens (tertiary/aromatic N) is 5. The number of H-pyrrole nitrogens is 1. The molecule has 0 fully saturated rings. The van der Waals surface area contributed by atoms with Crippen LogP contribution in [0.3, 0.4) is 0 Å².